The van der Waals surface area contributed by atoms with Gasteiger partial charge in [0.05, 0.1) is 43.0 Å². The third-order valence-electron chi connectivity index (χ3n) is 13.5. The van der Waals surface area contributed by atoms with Gasteiger partial charge in [-0.3, -0.25) is 14.4 Å². The molecule has 0 bridgehead atoms. The van der Waals surface area contributed by atoms with Crippen molar-refractivity contribution in [2.24, 2.45) is 11.8 Å². The first kappa shape index (κ1) is 56.5. The molecule has 0 spiro atoms. The number of benzene rings is 1. The van der Waals surface area contributed by atoms with E-state index in [-0.39, 0.29) is 44.4 Å². The summed E-state index contributed by atoms with van der Waals surface area (Å²) in [6.07, 6.45) is -6.96. The zero-order valence-corrected chi connectivity index (χ0v) is 41.7. The van der Waals surface area contributed by atoms with Crippen molar-refractivity contribution in [2.75, 3.05) is 40.8 Å². The Kier molecular flexibility index (Phi) is 23.0. The molecule has 67 heavy (non-hydrogen) atoms. The van der Waals surface area contributed by atoms with E-state index in [4.69, 9.17) is 37.9 Å². The molecule has 4 rings (SSSR count). The van der Waals surface area contributed by atoms with Gasteiger partial charge in [0.1, 0.15) is 36.3 Å². The molecular formula is C50H82N2O15. The molecule has 17 nitrogen and oxygen atoms in total. The number of rotatable bonds is 17. The summed E-state index contributed by atoms with van der Waals surface area (Å²) in [5, 5.41) is 35.6. The number of unbranched alkanes of at least 4 members (excludes halogenated alkanes) is 1. The van der Waals surface area contributed by atoms with Gasteiger partial charge in [0.25, 0.3) is 0 Å². The van der Waals surface area contributed by atoms with Crippen LogP contribution in [0.2, 0.25) is 0 Å². The van der Waals surface area contributed by atoms with Crippen LogP contribution in [0.4, 0.5) is 0 Å². The Morgan fingerprint density at radius 1 is 0.940 bits per heavy atom. The second-order valence-corrected chi connectivity index (χ2v) is 19.4. The largest absolute Gasteiger partial charge is 0.463 e. The van der Waals surface area contributed by atoms with Crippen molar-refractivity contribution >= 4 is 24.2 Å². The van der Waals surface area contributed by atoms with Gasteiger partial charge in [-0.25, -0.2) is 0 Å². The molecule has 3 saturated heterocycles. The molecule has 0 saturated carbocycles. The highest BCUT2D eigenvalue weighted by atomic mass is 16.7. The molecule has 3 heterocycles. The number of cyclic esters (lactones) is 1. The van der Waals surface area contributed by atoms with E-state index < -0.39 is 109 Å². The lowest BCUT2D eigenvalue weighted by atomic mass is 9.82. The van der Waals surface area contributed by atoms with Gasteiger partial charge in [0.2, 0.25) is 0 Å². The lowest BCUT2D eigenvalue weighted by Gasteiger charge is -2.50. The average Bonchev–Trinajstić information content (AvgIpc) is 3.27. The summed E-state index contributed by atoms with van der Waals surface area (Å²) < 4.78 is 49.4. The number of carbonyl (C=O) groups excluding carboxylic acids is 4. The smallest absolute Gasteiger partial charge is 0.309 e. The molecule has 5 unspecified atom stereocenters. The summed E-state index contributed by atoms with van der Waals surface area (Å²) in [6, 6.07) is 9.54. The molecule has 17 heteroatoms. The Bertz CT molecular complexity index is 1650. The van der Waals surface area contributed by atoms with Gasteiger partial charge < -0.3 is 67.8 Å². The lowest BCUT2D eigenvalue weighted by Crippen LogP contribution is -2.66. The number of methoxy groups -OCH3 is 1. The number of esters is 3. The molecule has 0 aromatic heterocycles. The highest BCUT2D eigenvalue weighted by Crippen LogP contribution is 2.38. The number of hydrogen-bond acceptors (Lipinski definition) is 17. The molecule has 0 radical (unpaired) electrons. The second kappa shape index (κ2) is 27.3. The summed E-state index contributed by atoms with van der Waals surface area (Å²) in [7, 11) is 4.93. The molecule has 0 amide bonds. The minimum Gasteiger partial charge on any atom is -0.463 e. The maximum atomic E-state index is 13.7. The zero-order chi connectivity index (χ0) is 49.4. The van der Waals surface area contributed by atoms with Crippen molar-refractivity contribution in [3.05, 3.63) is 35.9 Å². The molecule has 3 aliphatic heterocycles. The topological polar surface area (TPSA) is 209 Å². The van der Waals surface area contributed by atoms with Gasteiger partial charge in [-0.2, -0.15) is 0 Å². The van der Waals surface area contributed by atoms with Crippen molar-refractivity contribution in [1.82, 2.24) is 9.80 Å². The third-order valence-corrected chi connectivity index (χ3v) is 13.5. The maximum absolute atomic E-state index is 13.7. The van der Waals surface area contributed by atoms with Crippen LogP contribution in [0.15, 0.2) is 30.3 Å². The Balaban J connectivity index is 1.64. The maximum Gasteiger partial charge on any atom is 0.309 e. The fourth-order valence-corrected chi connectivity index (χ4v) is 9.78. The Morgan fingerprint density at radius 3 is 2.25 bits per heavy atom. The molecule has 1 aromatic carbocycles. The Morgan fingerprint density at radius 2 is 1.63 bits per heavy atom. The first-order valence-corrected chi connectivity index (χ1v) is 24.5. The first-order chi connectivity index (χ1) is 31.8. The molecule has 0 aliphatic carbocycles. The van der Waals surface area contributed by atoms with Crippen LogP contribution >= 0.6 is 0 Å². The van der Waals surface area contributed by atoms with Crippen molar-refractivity contribution < 1.29 is 72.4 Å². The average molecular weight is 951 g/mol. The van der Waals surface area contributed by atoms with Crippen molar-refractivity contribution in [1.29, 1.82) is 0 Å². The van der Waals surface area contributed by atoms with Gasteiger partial charge in [-0.05, 0) is 111 Å². The van der Waals surface area contributed by atoms with Gasteiger partial charge in [-0.15, -0.1) is 0 Å². The summed E-state index contributed by atoms with van der Waals surface area (Å²) in [5.41, 5.74) is -0.222. The minimum atomic E-state index is -1.50. The predicted molar refractivity (Wildman–Crippen MR) is 247 cm³/mol. The number of likely N-dealkylation sites (N-methyl/N-ethyl adjacent to an activating group) is 1. The zero-order valence-electron chi connectivity index (χ0n) is 41.7. The van der Waals surface area contributed by atoms with Crippen LogP contribution in [0.25, 0.3) is 0 Å². The monoisotopic (exact) mass is 951 g/mol. The van der Waals surface area contributed by atoms with Gasteiger partial charge in [-0.1, -0.05) is 51.1 Å². The van der Waals surface area contributed by atoms with E-state index in [0.717, 1.165) is 38.5 Å². The quantitative estimate of drug-likeness (QED) is 0.0857. The number of β-amino-alcohol motifs (C(OH)–C–C–N with tert-alkyl or cyclic N) is 1. The number of ether oxygens (including phenoxy) is 8. The van der Waals surface area contributed by atoms with E-state index in [2.05, 4.69) is 17.0 Å². The Hall–Kier alpha value is -3.10. The van der Waals surface area contributed by atoms with Crippen LogP contribution in [0.5, 0.6) is 0 Å². The number of nitrogens with zero attached hydrogens (tertiary/aromatic N) is 2. The van der Waals surface area contributed by atoms with Crippen LogP contribution in [0.3, 0.4) is 0 Å². The van der Waals surface area contributed by atoms with Gasteiger partial charge in [0.15, 0.2) is 18.7 Å². The number of aryl methyl sites for hydroxylation is 1. The van der Waals surface area contributed by atoms with E-state index in [9.17, 15) is 34.5 Å². The Labute approximate surface area is 398 Å². The number of carbonyl (C=O) groups is 4. The fourth-order valence-electron chi connectivity index (χ4n) is 9.78. The standard InChI is InChI=1S/C50H82N2O15/c1-11-39(55)64-38-28-41(57)61-32(4)19-18-25-52(24-17-16-22-35-20-14-13-15-21-35)30-37(54)31(3)27-36(23-26-53)46(47(38)60-10)67-49-44(58)43(51(8)9)45(33(5)63-49)66-42-29-50(7,59)48(34(6)62-42)65-40(56)12-2/h13-15,20-21,26,31-34,36-38,42-49,54,58-59H,11-12,16-19,22-25,27-30H2,1-10H3/t31-,32-,33?,34?,36+,37+,38-,42+,43?,44?,45+,46+,47+,48+,49+,50?/m1/s1. The van der Waals surface area contributed by atoms with E-state index in [0.29, 0.717) is 19.5 Å². The summed E-state index contributed by atoms with van der Waals surface area (Å²) in [6.45, 7) is 13.9. The number of hydrogen-bond donors (Lipinski definition) is 3. The lowest BCUT2D eigenvalue weighted by molar-refractivity contribution is -0.344. The molecule has 3 fully saturated rings. The normalized spacial score (nSPS) is 36.5. The summed E-state index contributed by atoms with van der Waals surface area (Å²) in [4.78, 5) is 55.5. The minimum absolute atomic E-state index is 0.00495. The van der Waals surface area contributed by atoms with Gasteiger partial charge >= 0.3 is 17.9 Å². The molecule has 3 N–H and O–H groups in total. The van der Waals surface area contributed by atoms with E-state index in [1.807, 2.05) is 32.0 Å². The predicted octanol–water partition coefficient (Wildman–Crippen LogP) is 4.37. The van der Waals surface area contributed by atoms with Crippen LogP contribution in [-0.4, -0.2) is 175 Å². The SMILES string of the molecule is CCC(=O)O[C@@H]1CC(=O)O[C@H](C)CCCN(CCCCc2ccccc2)C[C@H](O)[C@H](C)C[C@H](CC=O)[C@H](O[C@@H]2OC(C)[C@H](O[C@H]3CC(C)(O)[C@@H](OC(=O)CC)C(C)O3)C(N(C)C)C2O)[C@H]1OC. The van der Waals surface area contributed by atoms with Crippen LogP contribution in [0, 0.1) is 11.8 Å². The second-order valence-electron chi connectivity index (χ2n) is 19.4. The molecule has 1 aromatic rings. The van der Waals surface area contributed by atoms with E-state index in [1.165, 1.54) is 12.7 Å². The van der Waals surface area contributed by atoms with Crippen LogP contribution in [-0.2, 0) is 63.5 Å². The van der Waals surface area contributed by atoms with Crippen molar-refractivity contribution in [2.45, 2.75) is 204 Å². The fraction of sp³-hybridized carbons (Fsp3) is 0.800. The summed E-state index contributed by atoms with van der Waals surface area (Å²) in [5.74, 6) is -2.72. The number of aliphatic hydroxyl groups excluding tert-OH is 2. The van der Waals surface area contributed by atoms with Crippen molar-refractivity contribution in [3.63, 3.8) is 0 Å². The van der Waals surface area contributed by atoms with Crippen molar-refractivity contribution in [3.8, 4) is 0 Å². The van der Waals surface area contributed by atoms with E-state index >= 15 is 0 Å². The first-order valence-electron chi connectivity index (χ1n) is 24.5. The molecule has 16 atom stereocenters. The molecule has 3 aliphatic rings. The number of aliphatic hydroxyl groups is 3. The van der Waals surface area contributed by atoms with Crippen LogP contribution in [0.1, 0.15) is 118 Å². The van der Waals surface area contributed by atoms with E-state index in [1.54, 1.807) is 53.6 Å². The highest BCUT2D eigenvalue weighted by Gasteiger charge is 2.53. The highest BCUT2D eigenvalue weighted by molar-refractivity contribution is 5.72. The third kappa shape index (κ3) is 16.8. The molecule has 382 valence electrons. The molecular weight excluding hydrogens is 869 g/mol. The summed E-state index contributed by atoms with van der Waals surface area (Å²) >= 11 is 0. The number of aldehydes is 1. The van der Waals surface area contributed by atoms with Crippen LogP contribution < -0.4 is 0 Å². The van der Waals surface area contributed by atoms with Gasteiger partial charge in [0, 0.05) is 39.3 Å².